The first-order valence-corrected chi connectivity index (χ1v) is 10.8. The van der Waals surface area contributed by atoms with E-state index in [0.717, 1.165) is 5.75 Å². The number of carbonyl (C=O) groups is 3. The Kier molecular flexibility index (Phi) is 9.07. The summed E-state index contributed by atoms with van der Waals surface area (Å²) in [6.07, 6.45) is -0.247. The number of benzene rings is 3. The second kappa shape index (κ2) is 12.6. The summed E-state index contributed by atoms with van der Waals surface area (Å²) in [6, 6.07) is 20.9. The lowest BCUT2D eigenvalue weighted by Gasteiger charge is -2.10. The molecule has 0 atom stereocenters. The largest absolute Gasteiger partial charge is 0.497 e. The van der Waals surface area contributed by atoms with E-state index in [1.165, 1.54) is 7.11 Å². The number of hydrogen-bond donors (Lipinski definition) is 2. The summed E-state index contributed by atoms with van der Waals surface area (Å²) in [5.74, 6) is 0.951. The van der Waals surface area contributed by atoms with Crippen molar-refractivity contribution in [2.75, 3.05) is 31.5 Å². The molecule has 2 amide bonds. The molecule has 0 aromatic heterocycles. The number of ether oxygens (including phenoxy) is 4. The predicted molar refractivity (Wildman–Crippen MR) is 130 cm³/mol. The van der Waals surface area contributed by atoms with Gasteiger partial charge in [0.15, 0.2) is 6.61 Å². The smallest absolute Gasteiger partial charge is 0.306 e. The van der Waals surface area contributed by atoms with Gasteiger partial charge in [-0.25, -0.2) is 0 Å². The highest BCUT2D eigenvalue weighted by atomic mass is 16.5. The van der Waals surface area contributed by atoms with Crippen molar-refractivity contribution >= 4 is 29.2 Å². The topological polar surface area (TPSA) is 112 Å². The number of anilines is 2. The monoisotopic (exact) mass is 478 g/mol. The zero-order valence-electron chi connectivity index (χ0n) is 19.4. The molecule has 0 bridgehead atoms. The van der Waals surface area contributed by atoms with E-state index in [0.29, 0.717) is 28.6 Å². The number of esters is 1. The maximum absolute atomic E-state index is 12.1. The molecule has 182 valence electrons. The van der Waals surface area contributed by atoms with E-state index in [9.17, 15) is 14.4 Å². The molecular formula is C26H26N2O7. The fraction of sp³-hybridized carbons (Fsp3) is 0.192. The van der Waals surface area contributed by atoms with Gasteiger partial charge in [0, 0.05) is 12.1 Å². The molecule has 0 radical (unpaired) electrons. The van der Waals surface area contributed by atoms with Crippen molar-refractivity contribution in [3.8, 4) is 23.0 Å². The number of carbonyl (C=O) groups excluding carboxylic acids is 3. The number of amides is 2. The molecule has 9 nitrogen and oxygen atoms in total. The lowest BCUT2D eigenvalue weighted by atomic mass is 10.2. The Balaban J connectivity index is 1.37. The third-order valence-electron chi connectivity index (χ3n) is 4.73. The quantitative estimate of drug-likeness (QED) is 0.393. The van der Waals surface area contributed by atoms with E-state index in [1.807, 2.05) is 0 Å². The molecule has 9 heteroatoms. The fourth-order valence-electron chi connectivity index (χ4n) is 2.98. The summed E-state index contributed by atoms with van der Waals surface area (Å²) in [5, 5.41) is 5.30. The number of nitrogens with one attached hydrogen (secondary N) is 2. The summed E-state index contributed by atoms with van der Waals surface area (Å²) in [6.45, 7) is -0.464. The Bertz CT molecular complexity index is 1150. The van der Waals surface area contributed by atoms with Crippen LogP contribution in [0.5, 0.6) is 23.0 Å². The van der Waals surface area contributed by atoms with Crippen LogP contribution in [0.1, 0.15) is 12.8 Å². The first-order chi connectivity index (χ1) is 17.0. The number of methoxy groups -OCH3 is 2. The van der Waals surface area contributed by atoms with Crippen LogP contribution in [-0.2, 0) is 19.1 Å². The van der Waals surface area contributed by atoms with Gasteiger partial charge in [0.1, 0.15) is 23.0 Å². The zero-order chi connectivity index (χ0) is 25.0. The summed E-state index contributed by atoms with van der Waals surface area (Å²) in [4.78, 5) is 36.1. The highest BCUT2D eigenvalue weighted by Crippen LogP contribution is 2.25. The molecule has 35 heavy (non-hydrogen) atoms. The molecule has 3 aromatic carbocycles. The molecule has 3 aromatic rings. The Morgan fingerprint density at radius 1 is 0.686 bits per heavy atom. The molecule has 0 saturated carbocycles. The van der Waals surface area contributed by atoms with Gasteiger partial charge in [0.2, 0.25) is 5.91 Å². The van der Waals surface area contributed by atoms with Gasteiger partial charge < -0.3 is 29.6 Å². The summed E-state index contributed by atoms with van der Waals surface area (Å²) in [7, 11) is 3.08. The highest BCUT2D eigenvalue weighted by Gasteiger charge is 2.12. The number of para-hydroxylation sites is 2. The second-order valence-corrected chi connectivity index (χ2v) is 7.26. The maximum Gasteiger partial charge on any atom is 0.306 e. The van der Waals surface area contributed by atoms with Crippen LogP contribution in [0.4, 0.5) is 11.4 Å². The van der Waals surface area contributed by atoms with Crippen molar-refractivity contribution in [2.45, 2.75) is 12.8 Å². The van der Waals surface area contributed by atoms with E-state index < -0.39 is 18.5 Å². The molecular weight excluding hydrogens is 452 g/mol. The van der Waals surface area contributed by atoms with E-state index in [1.54, 1.807) is 79.9 Å². The Labute approximate surface area is 203 Å². The van der Waals surface area contributed by atoms with Gasteiger partial charge in [-0.3, -0.25) is 14.4 Å². The van der Waals surface area contributed by atoms with Crippen LogP contribution in [0, 0.1) is 0 Å². The minimum absolute atomic E-state index is 0.0862. The lowest BCUT2D eigenvalue weighted by molar-refractivity contribution is -0.147. The zero-order valence-corrected chi connectivity index (χ0v) is 19.4. The summed E-state index contributed by atoms with van der Waals surface area (Å²) in [5.41, 5.74) is 1.03. The fourth-order valence-corrected chi connectivity index (χ4v) is 2.98. The van der Waals surface area contributed by atoms with E-state index in [2.05, 4.69) is 10.6 Å². The van der Waals surface area contributed by atoms with Crippen LogP contribution in [0.15, 0.2) is 72.8 Å². The van der Waals surface area contributed by atoms with Crippen LogP contribution in [-0.4, -0.2) is 38.6 Å². The molecule has 0 saturated heterocycles. The molecule has 0 unspecified atom stereocenters. The van der Waals surface area contributed by atoms with Gasteiger partial charge >= 0.3 is 5.97 Å². The van der Waals surface area contributed by atoms with Crippen LogP contribution in [0.3, 0.4) is 0 Å². The van der Waals surface area contributed by atoms with Crippen molar-refractivity contribution in [1.82, 2.24) is 0 Å². The molecule has 0 aliphatic heterocycles. The molecule has 0 aliphatic carbocycles. The number of rotatable bonds is 11. The Hall–Kier alpha value is -4.53. The van der Waals surface area contributed by atoms with Crippen LogP contribution < -0.4 is 24.8 Å². The molecule has 0 spiro atoms. The standard InChI is InChI=1S/C26H26N2O7/c1-32-19-11-13-21(14-12-19)35-20-9-7-18(8-10-20)27-24(29)15-16-26(31)34-17-25(30)28-22-5-3-4-6-23(22)33-2/h3-14H,15-17H2,1-2H3,(H,27,29)(H,28,30). The van der Waals surface area contributed by atoms with Gasteiger partial charge in [-0.1, -0.05) is 12.1 Å². The van der Waals surface area contributed by atoms with Crippen molar-refractivity contribution in [3.63, 3.8) is 0 Å². The van der Waals surface area contributed by atoms with Gasteiger partial charge in [-0.2, -0.15) is 0 Å². The van der Waals surface area contributed by atoms with Crippen LogP contribution in [0.2, 0.25) is 0 Å². The molecule has 2 N–H and O–H groups in total. The van der Waals surface area contributed by atoms with Crippen molar-refractivity contribution < 1.29 is 33.3 Å². The van der Waals surface area contributed by atoms with Gasteiger partial charge in [0.05, 0.1) is 26.3 Å². The van der Waals surface area contributed by atoms with E-state index in [4.69, 9.17) is 18.9 Å². The van der Waals surface area contributed by atoms with Gasteiger partial charge in [-0.05, 0) is 60.7 Å². The Morgan fingerprint density at radius 3 is 1.97 bits per heavy atom. The van der Waals surface area contributed by atoms with Crippen molar-refractivity contribution in [1.29, 1.82) is 0 Å². The van der Waals surface area contributed by atoms with E-state index in [-0.39, 0.29) is 18.7 Å². The summed E-state index contributed by atoms with van der Waals surface area (Å²) >= 11 is 0. The normalized spacial score (nSPS) is 10.1. The molecule has 3 rings (SSSR count). The third-order valence-corrected chi connectivity index (χ3v) is 4.73. The predicted octanol–water partition coefficient (Wildman–Crippen LogP) is 4.40. The minimum atomic E-state index is -0.654. The second-order valence-electron chi connectivity index (χ2n) is 7.26. The average Bonchev–Trinajstić information content (AvgIpc) is 2.88. The van der Waals surface area contributed by atoms with Gasteiger partial charge in [-0.15, -0.1) is 0 Å². The van der Waals surface area contributed by atoms with Gasteiger partial charge in [0.25, 0.3) is 5.91 Å². The van der Waals surface area contributed by atoms with Crippen molar-refractivity contribution in [2.24, 2.45) is 0 Å². The first kappa shape index (κ1) is 25.1. The van der Waals surface area contributed by atoms with Crippen LogP contribution >= 0.6 is 0 Å². The number of hydrogen-bond acceptors (Lipinski definition) is 7. The molecule has 0 aliphatic rings. The minimum Gasteiger partial charge on any atom is -0.497 e. The summed E-state index contributed by atoms with van der Waals surface area (Å²) < 4.78 is 20.9. The van der Waals surface area contributed by atoms with Crippen molar-refractivity contribution in [3.05, 3.63) is 72.8 Å². The Morgan fingerprint density at radius 2 is 1.31 bits per heavy atom. The first-order valence-electron chi connectivity index (χ1n) is 10.8. The third kappa shape index (κ3) is 8.08. The average molecular weight is 479 g/mol. The molecule has 0 fully saturated rings. The van der Waals surface area contributed by atoms with Crippen LogP contribution in [0.25, 0.3) is 0 Å². The lowest BCUT2D eigenvalue weighted by Crippen LogP contribution is -2.22. The molecule has 0 heterocycles. The maximum atomic E-state index is 12.1. The highest BCUT2D eigenvalue weighted by molar-refractivity contribution is 5.95. The SMILES string of the molecule is COc1ccc(Oc2ccc(NC(=O)CCC(=O)OCC(=O)Nc3ccccc3OC)cc2)cc1. The van der Waals surface area contributed by atoms with E-state index >= 15 is 0 Å².